The standard InChI is InChI=1S/C27H34ClN3O7/c1-34-23-14-19(15-24(35-2)26(23)36-3)27(33)30-10-8-29(9-11-30)16-22-17-31(12-13-37-22)25(32)18-38-21-6-4-20(28)5-7-21/h4-7,14-15,22H,8-13,16-18H2,1-3H3. The highest BCUT2D eigenvalue weighted by Gasteiger charge is 2.29. The van der Waals surface area contributed by atoms with Crippen LogP contribution in [0.25, 0.3) is 0 Å². The van der Waals surface area contributed by atoms with Gasteiger partial charge in [-0.15, -0.1) is 0 Å². The third kappa shape index (κ3) is 6.80. The SMILES string of the molecule is COc1cc(C(=O)N2CCN(CC3CN(C(=O)COc4ccc(Cl)cc4)CCO3)CC2)cc(OC)c1OC. The second-order valence-corrected chi connectivity index (χ2v) is 9.52. The van der Waals surface area contributed by atoms with E-state index in [9.17, 15) is 9.59 Å². The predicted octanol–water partition coefficient (Wildman–Crippen LogP) is 2.43. The topological polar surface area (TPSA) is 90.0 Å². The number of rotatable bonds is 9. The summed E-state index contributed by atoms with van der Waals surface area (Å²) in [5.41, 5.74) is 0.485. The molecule has 2 heterocycles. The molecule has 2 saturated heterocycles. The van der Waals surface area contributed by atoms with Crippen LogP contribution in [0, 0.1) is 0 Å². The molecule has 10 nitrogen and oxygen atoms in total. The average Bonchev–Trinajstić information content (AvgIpc) is 2.96. The highest BCUT2D eigenvalue weighted by Crippen LogP contribution is 2.38. The molecule has 0 saturated carbocycles. The van der Waals surface area contributed by atoms with Crippen molar-refractivity contribution in [3.63, 3.8) is 0 Å². The summed E-state index contributed by atoms with van der Waals surface area (Å²) in [6.45, 7) is 4.78. The van der Waals surface area contributed by atoms with Gasteiger partial charge < -0.3 is 33.5 Å². The van der Waals surface area contributed by atoms with Crippen molar-refractivity contribution in [1.82, 2.24) is 14.7 Å². The monoisotopic (exact) mass is 547 g/mol. The molecule has 0 aliphatic carbocycles. The minimum absolute atomic E-state index is 0.0317. The molecule has 0 bridgehead atoms. The Bertz CT molecular complexity index is 1080. The lowest BCUT2D eigenvalue weighted by molar-refractivity contribution is -0.141. The number of hydrogen-bond acceptors (Lipinski definition) is 8. The number of carbonyl (C=O) groups is 2. The molecule has 1 atom stereocenters. The van der Waals surface area contributed by atoms with Gasteiger partial charge in [0.05, 0.1) is 34.0 Å². The van der Waals surface area contributed by atoms with E-state index in [4.69, 9.17) is 35.3 Å². The van der Waals surface area contributed by atoms with Gasteiger partial charge in [0.1, 0.15) is 5.75 Å². The molecule has 1 unspecified atom stereocenters. The number of amides is 2. The van der Waals surface area contributed by atoms with Gasteiger partial charge in [-0.25, -0.2) is 0 Å². The largest absolute Gasteiger partial charge is 0.493 e. The Morgan fingerprint density at radius 1 is 0.921 bits per heavy atom. The smallest absolute Gasteiger partial charge is 0.260 e. The highest BCUT2D eigenvalue weighted by atomic mass is 35.5. The van der Waals surface area contributed by atoms with Crippen molar-refractivity contribution in [2.24, 2.45) is 0 Å². The van der Waals surface area contributed by atoms with E-state index in [1.807, 2.05) is 4.90 Å². The predicted molar refractivity (Wildman–Crippen MR) is 142 cm³/mol. The van der Waals surface area contributed by atoms with Crippen LogP contribution in [0.2, 0.25) is 5.02 Å². The van der Waals surface area contributed by atoms with Crippen molar-refractivity contribution in [1.29, 1.82) is 0 Å². The first-order chi connectivity index (χ1) is 18.4. The van der Waals surface area contributed by atoms with Gasteiger partial charge in [-0.3, -0.25) is 14.5 Å². The molecule has 2 aromatic rings. The van der Waals surface area contributed by atoms with Crippen molar-refractivity contribution in [2.75, 3.05) is 80.4 Å². The van der Waals surface area contributed by atoms with Gasteiger partial charge in [0, 0.05) is 56.4 Å². The van der Waals surface area contributed by atoms with Gasteiger partial charge in [0.25, 0.3) is 11.8 Å². The van der Waals surface area contributed by atoms with E-state index in [-0.39, 0.29) is 24.5 Å². The van der Waals surface area contributed by atoms with E-state index in [1.165, 1.54) is 21.3 Å². The Balaban J connectivity index is 1.26. The fourth-order valence-corrected chi connectivity index (χ4v) is 4.76. The number of methoxy groups -OCH3 is 3. The molecule has 0 spiro atoms. The maximum Gasteiger partial charge on any atom is 0.260 e. The molecule has 2 aliphatic heterocycles. The van der Waals surface area contributed by atoms with E-state index >= 15 is 0 Å². The van der Waals surface area contributed by atoms with Crippen molar-refractivity contribution in [3.8, 4) is 23.0 Å². The summed E-state index contributed by atoms with van der Waals surface area (Å²) in [7, 11) is 4.58. The maximum atomic E-state index is 13.2. The van der Waals surface area contributed by atoms with E-state index in [1.54, 1.807) is 41.3 Å². The molecule has 4 rings (SSSR count). The fourth-order valence-electron chi connectivity index (χ4n) is 4.63. The number of ether oxygens (including phenoxy) is 5. The highest BCUT2D eigenvalue weighted by molar-refractivity contribution is 6.30. The molecule has 2 amide bonds. The number of hydrogen-bond donors (Lipinski definition) is 0. The summed E-state index contributed by atoms with van der Waals surface area (Å²) in [5, 5.41) is 0.617. The zero-order valence-electron chi connectivity index (χ0n) is 22.0. The van der Waals surface area contributed by atoms with Crippen molar-refractivity contribution in [2.45, 2.75) is 6.10 Å². The minimum atomic E-state index is -0.0967. The third-order valence-corrected chi connectivity index (χ3v) is 6.95. The maximum absolute atomic E-state index is 13.2. The van der Waals surface area contributed by atoms with Crippen LogP contribution in [0.4, 0.5) is 0 Å². The van der Waals surface area contributed by atoms with Crippen LogP contribution in [-0.4, -0.2) is 113 Å². The summed E-state index contributed by atoms with van der Waals surface area (Å²) in [4.78, 5) is 31.8. The van der Waals surface area contributed by atoms with E-state index in [0.717, 1.165) is 0 Å². The molecule has 11 heteroatoms. The molecular weight excluding hydrogens is 514 g/mol. The Labute approximate surface area is 227 Å². The summed E-state index contributed by atoms with van der Waals surface area (Å²) < 4.78 is 27.7. The third-order valence-electron chi connectivity index (χ3n) is 6.70. The Kier molecular flexibility index (Phi) is 9.54. The van der Waals surface area contributed by atoms with Crippen LogP contribution in [0.3, 0.4) is 0 Å². The minimum Gasteiger partial charge on any atom is -0.493 e. The van der Waals surface area contributed by atoms with Gasteiger partial charge >= 0.3 is 0 Å². The lowest BCUT2D eigenvalue weighted by atomic mass is 10.1. The zero-order chi connectivity index (χ0) is 27.1. The number of nitrogens with zero attached hydrogens (tertiary/aromatic N) is 3. The Morgan fingerprint density at radius 3 is 2.18 bits per heavy atom. The van der Waals surface area contributed by atoms with Crippen LogP contribution in [0.5, 0.6) is 23.0 Å². The summed E-state index contributed by atoms with van der Waals surface area (Å²) in [6.07, 6.45) is -0.0967. The molecule has 206 valence electrons. The molecule has 2 aromatic carbocycles. The molecular formula is C27H34ClN3O7. The molecule has 0 radical (unpaired) electrons. The van der Waals surface area contributed by atoms with Gasteiger partial charge in [0.15, 0.2) is 18.1 Å². The first-order valence-electron chi connectivity index (χ1n) is 12.5. The Hall–Kier alpha value is -3.21. The lowest BCUT2D eigenvalue weighted by Crippen LogP contribution is -2.54. The zero-order valence-corrected chi connectivity index (χ0v) is 22.7. The molecule has 38 heavy (non-hydrogen) atoms. The Morgan fingerprint density at radius 2 is 1.58 bits per heavy atom. The van der Waals surface area contributed by atoms with E-state index < -0.39 is 0 Å². The normalized spacial score (nSPS) is 18.2. The second kappa shape index (κ2) is 13.0. The fraction of sp³-hybridized carbons (Fsp3) is 0.481. The number of benzene rings is 2. The van der Waals surface area contributed by atoms with Crippen molar-refractivity contribution < 1.29 is 33.3 Å². The number of halogens is 1. The summed E-state index contributed by atoms with van der Waals surface area (Å²) in [5.74, 6) is 1.78. The number of carbonyl (C=O) groups excluding carboxylic acids is 2. The van der Waals surface area contributed by atoms with Crippen LogP contribution < -0.4 is 18.9 Å². The number of piperazine rings is 1. The molecule has 0 aromatic heterocycles. The lowest BCUT2D eigenvalue weighted by Gasteiger charge is -2.39. The van der Waals surface area contributed by atoms with Crippen LogP contribution in [-0.2, 0) is 9.53 Å². The van der Waals surface area contributed by atoms with Crippen molar-refractivity contribution in [3.05, 3.63) is 47.0 Å². The van der Waals surface area contributed by atoms with Gasteiger partial charge in [0.2, 0.25) is 5.75 Å². The average molecular weight is 548 g/mol. The van der Waals surface area contributed by atoms with Crippen LogP contribution in [0.15, 0.2) is 36.4 Å². The second-order valence-electron chi connectivity index (χ2n) is 9.08. The molecule has 2 fully saturated rings. The van der Waals surface area contributed by atoms with Gasteiger partial charge in [-0.2, -0.15) is 0 Å². The van der Waals surface area contributed by atoms with Crippen LogP contribution in [0.1, 0.15) is 10.4 Å². The molecule has 2 aliphatic rings. The van der Waals surface area contributed by atoms with Crippen LogP contribution >= 0.6 is 11.6 Å². The summed E-state index contributed by atoms with van der Waals surface area (Å²) in [6, 6.07) is 10.3. The number of morpholine rings is 1. The first-order valence-corrected chi connectivity index (χ1v) is 12.9. The van der Waals surface area contributed by atoms with Gasteiger partial charge in [-0.05, 0) is 36.4 Å². The first kappa shape index (κ1) is 27.8. The van der Waals surface area contributed by atoms with Gasteiger partial charge in [-0.1, -0.05) is 11.6 Å². The quantitative estimate of drug-likeness (QED) is 0.473. The van der Waals surface area contributed by atoms with E-state index in [0.29, 0.717) is 86.0 Å². The van der Waals surface area contributed by atoms with E-state index in [2.05, 4.69) is 4.90 Å². The summed E-state index contributed by atoms with van der Waals surface area (Å²) >= 11 is 5.89. The van der Waals surface area contributed by atoms with Crippen molar-refractivity contribution >= 4 is 23.4 Å². The molecule has 0 N–H and O–H groups in total.